The lowest BCUT2D eigenvalue weighted by molar-refractivity contribution is -0.141. The van der Waals surface area contributed by atoms with Crippen LogP contribution in [0.3, 0.4) is 0 Å². The summed E-state index contributed by atoms with van der Waals surface area (Å²) in [5.74, 6) is -2.65. The molecule has 0 saturated carbocycles. The van der Waals surface area contributed by atoms with Crippen molar-refractivity contribution in [1.29, 1.82) is 0 Å². The minimum atomic E-state index is -1.07. The van der Waals surface area contributed by atoms with Crippen LogP contribution in [0.1, 0.15) is 32.2 Å². The number of thiazole rings is 1. The van der Waals surface area contributed by atoms with E-state index in [9.17, 15) is 19.5 Å². The highest BCUT2D eigenvalue weighted by Crippen LogP contribution is 2.22. The van der Waals surface area contributed by atoms with Crippen LogP contribution in [0.5, 0.6) is 0 Å². The molecule has 0 aliphatic rings. The molecule has 0 aliphatic carbocycles. The Morgan fingerprint density at radius 3 is 2.52 bits per heavy atom. The Morgan fingerprint density at radius 2 is 1.91 bits per heavy atom. The highest BCUT2D eigenvalue weighted by atomic mass is 32.1. The maximum Gasteiger partial charge on any atom is 0.326 e. The maximum atomic E-state index is 11.8. The van der Waals surface area contributed by atoms with Crippen molar-refractivity contribution in [3.8, 4) is 0 Å². The number of nitrogens with zero attached hydrogens (tertiary/aromatic N) is 2. The number of carboxylic acids is 2. The van der Waals surface area contributed by atoms with Gasteiger partial charge in [-0.3, -0.25) is 9.59 Å². The number of amides is 1. The van der Waals surface area contributed by atoms with Crippen LogP contribution >= 0.6 is 11.3 Å². The second kappa shape index (κ2) is 7.19. The van der Waals surface area contributed by atoms with Crippen LogP contribution in [-0.2, 0) is 14.4 Å². The third kappa shape index (κ3) is 3.84. The number of hydrogen-bond acceptors (Lipinski definition) is 4. The van der Waals surface area contributed by atoms with E-state index in [1.54, 1.807) is 19.1 Å². The summed E-state index contributed by atoms with van der Waals surface area (Å²) in [7, 11) is 0. The molecule has 0 saturated heterocycles. The number of aliphatic carboxylic acids is 2. The minimum absolute atomic E-state index is 0.215. The summed E-state index contributed by atoms with van der Waals surface area (Å²) in [6.45, 7) is 1.74. The number of benzene rings is 1. The molecule has 1 atom stereocenters. The molecule has 1 heterocycles. The molecule has 7 nitrogen and oxygen atoms in total. The van der Waals surface area contributed by atoms with Crippen molar-refractivity contribution in [3.63, 3.8) is 0 Å². The van der Waals surface area contributed by atoms with Crippen LogP contribution < -0.4 is 4.80 Å². The van der Waals surface area contributed by atoms with E-state index >= 15 is 0 Å². The lowest BCUT2D eigenvalue weighted by atomic mass is 10.2. The zero-order valence-electron chi connectivity index (χ0n) is 12.4. The Bertz CT molecular complexity index is 821. The lowest BCUT2D eigenvalue weighted by Gasteiger charge is -2.13. The van der Waals surface area contributed by atoms with Gasteiger partial charge in [0.1, 0.15) is 6.04 Å². The first-order chi connectivity index (χ1) is 10.9. The van der Waals surface area contributed by atoms with E-state index in [0.717, 1.165) is 4.70 Å². The number of aromatic nitrogens is 1. The molecule has 0 aliphatic heterocycles. The third-order valence-corrected chi connectivity index (χ3v) is 4.32. The monoisotopic (exact) mass is 336 g/mol. The first kappa shape index (κ1) is 16.9. The summed E-state index contributed by atoms with van der Waals surface area (Å²) in [6, 6.07) is 6.37. The van der Waals surface area contributed by atoms with Crippen molar-refractivity contribution in [1.82, 2.24) is 4.57 Å². The van der Waals surface area contributed by atoms with Crippen molar-refractivity contribution in [2.75, 3.05) is 0 Å². The van der Waals surface area contributed by atoms with E-state index in [1.807, 2.05) is 12.1 Å². The topological polar surface area (TPSA) is 109 Å². The Kier molecular flexibility index (Phi) is 5.28. The van der Waals surface area contributed by atoms with Gasteiger partial charge < -0.3 is 14.8 Å². The molecule has 8 heteroatoms. The SMILES string of the molecule is CCC(C(=O)O)n1c(=NC(=O)CCC(=O)O)sc2ccccc21. The van der Waals surface area contributed by atoms with E-state index < -0.39 is 23.9 Å². The van der Waals surface area contributed by atoms with Crippen molar-refractivity contribution in [3.05, 3.63) is 29.1 Å². The van der Waals surface area contributed by atoms with Gasteiger partial charge in [-0.15, -0.1) is 0 Å². The average molecular weight is 336 g/mol. The molecular weight excluding hydrogens is 320 g/mol. The molecular formula is C15H16N2O5S. The second-order valence-corrected chi connectivity index (χ2v) is 5.89. The Morgan fingerprint density at radius 1 is 1.22 bits per heavy atom. The van der Waals surface area contributed by atoms with Gasteiger partial charge in [-0.2, -0.15) is 4.99 Å². The van der Waals surface area contributed by atoms with Gasteiger partial charge in [0.25, 0.3) is 0 Å². The quantitative estimate of drug-likeness (QED) is 0.839. The Hall–Kier alpha value is -2.48. The highest BCUT2D eigenvalue weighted by molar-refractivity contribution is 7.16. The molecule has 23 heavy (non-hydrogen) atoms. The number of rotatable bonds is 6. The summed E-state index contributed by atoms with van der Waals surface area (Å²) in [5, 5.41) is 18.0. The van der Waals surface area contributed by atoms with Crippen LogP contribution in [-0.4, -0.2) is 32.6 Å². The number of fused-ring (bicyclic) bond motifs is 1. The van der Waals surface area contributed by atoms with Gasteiger partial charge in [-0.25, -0.2) is 4.79 Å². The van der Waals surface area contributed by atoms with Gasteiger partial charge in [-0.1, -0.05) is 30.4 Å². The van der Waals surface area contributed by atoms with E-state index in [-0.39, 0.29) is 17.6 Å². The number of carboxylic acid groups (broad SMARTS) is 2. The molecule has 1 amide bonds. The third-order valence-electron chi connectivity index (χ3n) is 3.29. The van der Waals surface area contributed by atoms with Crippen LogP contribution in [0.4, 0.5) is 0 Å². The van der Waals surface area contributed by atoms with E-state index in [4.69, 9.17) is 5.11 Å². The van der Waals surface area contributed by atoms with Crippen molar-refractivity contribution in [2.45, 2.75) is 32.2 Å². The largest absolute Gasteiger partial charge is 0.481 e. The van der Waals surface area contributed by atoms with Crippen LogP contribution in [0, 0.1) is 0 Å². The highest BCUT2D eigenvalue weighted by Gasteiger charge is 2.21. The smallest absolute Gasteiger partial charge is 0.326 e. The lowest BCUT2D eigenvalue weighted by Crippen LogP contribution is -2.27. The molecule has 0 bridgehead atoms. The number of carbonyl (C=O) groups excluding carboxylic acids is 1. The molecule has 2 aromatic rings. The molecule has 0 fully saturated rings. The summed E-state index contributed by atoms with van der Waals surface area (Å²) in [6.07, 6.45) is -0.177. The fourth-order valence-electron chi connectivity index (χ4n) is 2.22. The maximum absolute atomic E-state index is 11.8. The zero-order valence-corrected chi connectivity index (χ0v) is 13.2. The van der Waals surface area contributed by atoms with Gasteiger partial charge in [0.2, 0.25) is 5.91 Å². The van der Waals surface area contributed by atoms with Gasteiger partial charge in [0.05, 0.1) is 16.6 Å². The predicted molar refractivity (Wildman–Crippen MR) is 84.2 cm³/mol. The second-order valence-electron chi connectivity index (χ2n) is 4.88. The average Bonchev–Trinajstić information content (AvgIpc) is 2.84. The van der Waals surface area contributed by atoms with Crippen molar-refractivity contribution in [2.24, 2.45) is 4.99 Å². The first-order valence-corrected chi connectivity index (χ1v) is 7.88. The Labute approximate surface area is 135 Å². The van der Waals surface area contributed by atoms with E-state index in [2.05, 4.69) is 4.99 Å². The van der Waals surface area contributed by atoms with Crippen LogP contribution in [0.2, 0.25) is 0 Å². The summed E-state index contributed by atoms with van der Waals surface area (Å²) < 4.78 is 2.35. The molecule has 0 spiro atoms. The van der Waals surface area contributed by atoms with Crippen molar-refractivity contribution < 1.29 is 24.6 Å². The van der Waals surface area contributed by atoms with E-state index in [0.29, 0.717) is 11.9 Å². The Balaban J connectivity index is 2.56. The predicted octanol–water partition coefficient (Wildman–Crippen LogP) is 2.03. The normalized spacial score (nSPS) is 13.2. The van der Waals surface area contributed by atoms with Crippen LogP contribution in [0.25, 0.3) is 10.2 Å². The molecule has 0 radical (unpaired) electrons. The van der Waals surface area contributed by atoms with Crippen LogP contribution in [0.15, 0.2) is 29.3 Å². The number of para-hydroxylation sites is 1. The van der Waals surface area contributed by atoms with Gasteiger partial charge >= 0.3 is 11.9 Å². The van der Waals surface area contributed by atoms with Gasteiger partial charge in [0.15, 0.2) is 4.80 Å². The van der Waals surface area contributed by atoms with Gasteiger partial charge in [0, 0.05) is 6.42 Å². The summed E-state index contributed by atoms with van der Waals surface area (Å²) in [4.78, 5) is 38.1. The molecule has 2 rings (SSSR count). The molecule has 1 aromatic carbocycles. The summed E-state index contributed by atoms with van der Waals surface area (Å²) >= 11 is 1.21. The number of hydrogen-bond donors (Lipinski definition) is 2. The molecule has 122 valence electrons. The van der Waals surface area contributed by atoms with Gasteiger partial charge in [-0.05, 0) is 18.6 Å². The zero-order chi connectivity index (χ0) is 17.0. The molecule has 2 N–H and O–H groups in total. The fraction of sp³-hybridized carbons (Fsp3) is 0.333. The van der Waals surface area contributed by atoms with Crippen molar-refractivity contribution >= 4 is 39.4 Å². The minimum Gasteiger partial charge on any atom is -0.481 e. The number of carbonyl (C=O) groups is 3. The molecule has 1 unspecified atom stereocenters. The molecule has 1 aromatic heterocycles. The summed E-state index contributed by atoms with van der Waals surface area (Å²) in [5.41, 5.74) is 0.691. The van der Waals surface area contributed by atoms with E-state index in [1.165, 1.54) is 15.9 Å². The standard InChI is InChI=1S/C15H16N2O5S/c1-2-9(14(21)22)17-10-5-3-4-6-11(10)23-15(17)16-12(18)7-8-13(19)20/h3-6,9H,2,7-8H2,1H3,(H,19,20)(H,21,22). The fourth-order valence-corrected chi connectivity index (χ4v) is 3.30. The first-order valence-electron chi connectivity index (χ1n) is 7.06.